The summed E-state index contributed by atoms with van der Waals surface area (Å²) in [4.78, 5) is 50.5. The highest BCUT2D eigenvalue weighted by Crippen LogP contribution is 2.41. The number of alkyl halides is 6. The number of rotatable bonds is 8. The maximum atomic E-state index is 13.2. The molecule has 1 aromatic carbocycles. The maximum absolute atomic E-state index is 13.2. The lowest BCUT2D eigenvalue weighted by molar-refractivity contribution is -0.147. The fraction of sp³-hybridized carbons (Fsp3) is 0.429. The van der Waals surface area contributed by atoms with Gasteiger partial charge in [0.1, 0.15) is 13.1 Å². The minimum absolute atomic E-state index is 0.0269. The average molecular weight is 621 g/mol. The molecule has 15 heteroatoms. The van der Waals surface area contributed by atoms with Crippen molar-refractivity contribution in [2.24, 2.45) is 0 Å². The zero-order chi connectivity index (χ0) is 27.3. The van der Waals surface area contributed by atoms with E-state index in [1.165, 1.54) is 18.2 Å². The summed E-state index contributed by atoms with van der Waals surface area (Å²) in [7, 11) is 0. The first-order valence-corrected chi connectivity index (χ1v) is 12.6. The summed E-state index contributed by atoms with van der Waals surface area (Å²) in [6.45, 7) is 4.26. The van der Waals surface area contributed by atoms with Gasteiger partial charge in [-0.1, -0.05) is 75.7 Å². The molecule has 1 aromatic heterocycles. The molecule has 0 fully saturated rings. The molecule has 0 aliphatic rings. The van der Waals surface area contributed by atoms with Crippen LogP contribution in [0.3, 0.4) is 0 Å². The van der Waals surface area contributed by atoms with Crippen LogP contribution in [0.5, 0.6) is 0 Å². The van der Waals surface area contributed by atoms with E-state index in [-0.39, 0.29) is 36.3 Å². The first-order chi connectivity index (χ1) is 16.7. The number of carbonyl (C=O) groups excluding carboxylic acids is 3. The molecule has 0 atom stereocenters. The van der Waals surface area contributed by atoms with Gasteiger partial charge in [-0.05, 0) is 38.5 Å². The van der Waals surface area contributed by atoms with Crippen molar-refractivity contribution in [3.05, 3.63) is 41.0 Å². The van der Waals surface area contributed by atoms with Crippen LogP contribution in [0.2, 0.25) is 0 Å². The fourth-order valence-electron chi connectivity index (χ4n) is 2.90. The third-order valence-electron chi connectivity index (χ3n) is 4.39. The molecule has 0 bridgehead atoms. The van der Waals surface area contributed by atoms with Crippen LogP contribution in [0.1, 0.15) is 41.4 Å². The van der Waals surface area contributed by atoms with E-state index in [0.29, 0.717) is 11.1 Å². The van der Waals surface area contributed by atoms with Crippen LogP contribution >= 0.6 is 69.6 Å². The van der Waals surface area contributed by atoms with Crippen LogP contribution in [-0.4, -0.2) is 64.0 Å². The summed E-state index contributed by atoms with van der Waals surface area (Å²) in [5.41, 5.74) is 1.11. The topological polar surface area (TPSA) is 112 Å². The molecule has 196 valence electrons. The predicted octanol–water partition coefficient (Wildman–Crippen LogP) is 5.07. The van der Waals surface area contributed by atoms with E-state index in [4.69, 9.17) is 79.1 Å². The van der Waals surface area contributed by atoms with E-state index in [9.17, 15) is 14.4 Å². The molecule has 9 nitrogen and oxygen atoms in total. The van der Waals surface area contributed by atoms with Crippen molar-refractivity contribution in [1.82, 2.24) is 19.9 Å². The first kappa shape index (κ1) is 30.6. The van der Waals surface area contributed by atoms with E-state index in [2.05, 4.69) is 15.0 Å². The van der Waals surface area contributed by atoms with Gasteiger partial charge < -0.3 is 14.4 Å². The molecule has 0 aliphatic carbocycles. The number of hydrogen-bond donors (Lipinski definition) is 0. The summed E-state index contributed by atoms with van der Waals surface area (Å²) >= 11 is 35.6. The second-order valence-electron chi connectivity index (χ2n) is 7.10. The standard InChI is InChI=1S/C21H20Cl6N4O5/c1-4-35-14(32)9-31(10-15(33)36-5-2)17(34)12-6-7-13(11(3)8-12)16-28-18(20(22,23)24)30-19(29-16)21(25,26)27/h6-8H,4-5,9-10H2,1-3H3. The Morgan fingerprint density at radius 3 is 1.69 bits per heavy atom. The molecule has 0 radical (unpaired) electrons. The number of halogens is 6. The quantitative estimate of drug-likeness (QED) is 0.297. The van der Waals surface area contributed by atoms with Crippen molar-refractivity contribution in [2.75, 3.05) is 26.3 Å². The molecule has 36 heavy (non-hydrogen) atoms. The molecule has 0 saturated carbocycles. The smallest absolute Gasteiger partial charge is 0.325 e. The number of amides is 1. The van der Waals surface area contributed by atoms with Gasteiger partial charge in [-0.15, -0.1) is 0 Å². The van der Waals surface area contributed by atoms with E-state index in [1.807, 2.05) is 0 Å². The molecule has 0 N–H and O–H groups in total. The van der Waals surface area contributed by atoms with Crippen molar-refractivity contribution in [1.29, 1.82) is 0 Å². The Hall–Kier alpha value is -1.62. The average Bonchev–Trinajstić information content (AvgIpc) is 2.77. The highest BCUT2D eigenvalue weighted by Gasteiger charge is 2.34. The zero-order valence-corrected chi connectivity index (χ0v) is 23.7. The number of esters is 2. The lowest BCUT2D eigenvalue weighted by atomic mass is 10.0. The number of aryl methyl sites for hydroxylation is 1. The minimum Gasteiger partial charge on any atom is -0.465 e. The summed E-state index contributed by atoms with van der Waals surface area (Å²) in [5.74, 6) is -2.47. The largest absolute Gasteiger partial charge is 0.465 e. The predicted molar refractivity (Wildman–Crippen MR) is 138 cm³/mol. The molecule has 2 aromatic rings. The van der Waals surface area contributed by atoms with Crippen LogP contribution in [-0.2, 0) is 26.6 Å². The number of nitrogens with zero attached hydrogens (tertiary/aromatic N) is 4. The Bertz CT molecular complexity index is 1080. The molecule has 0 unspecified atom stereocenters. The molecule has 1 heterocycles. The number of ether oxygens (including phenoxy) is 2. The second-order valence-corrected chi connectivity index (χ2v) is 11.7. The Labute approximate surface area is 237 Å². The number of carbonyl (C=O) groups is 3. The molecule has 0 aliphatic heterocycles. The van der Waals surface area contributed by atoms with Crippen LogP contribution < -0.4 is 0 Å². The Morgan fingerprint density at radius 1 is 0.833 bits per heavy atom. The first-order valence-electron chi connectivity index (χ1n) is 10.3. The van der Waals surface area contributed by atoms with Gasteiger partial charge in [0.15, 0.2) is 17.5 Å². The van der Waals surface area contributed by atoms with Gasteiger partial charge in [0, 0.05) is 11.1 Å². The van der Waals surface area contributed by atoms with Gasteiger partial charge >= 0.3 is 11.9 Å². The van der Waals surface area contributed by atoms with Crippen LogP contribution in [0.15, 0.2) is 18.2 Å². The van der Waals surface area contributed by atoms with Gasteiger partial charge in [0.25, 0.3) is 5.91 Å². The Balaban J connectivity index is 2.47. The number of hydrogen-bond acceptors (Lipinski definition) is 8. The SMILES string of the molecule is CCOC(=O)CN(CC(=O)OCC)C(=O)c1ccc(-c2nc(C(Cl)(Cl)Cl)nc(C(Cl)(Cl)Cl)n2)c(C)c1. The number of benzene rings is 1. The van der Waals surface area contributed by atoms with E-state index in [1.54, 1.807) is 20.8 Å². The number of aromatic nitrogens is 3. The van der Waals surface area contributed by atoms with Gasteiger partial charge in [-0.25, -0.2) is 15.0 Å². The van der Waals surface area contributed by atoms with Gasteiger partial charge in [-0.2, -0.15) is 0 Å². The molecular weight excluding hydrogens is 601 g/mol. The highest BCUT2D eigenvalue weighted by atomic mass is 35.6. The molecular formula is C21H20Cl6N4O5. The summed E-state index contributed by atoms with van der Waals surface area (Å²) in [5, 5.41) is 0. The third kappa shape index (κ3) is 8.46. The minimum atomic E-state index is -2.03. The Morgan fingerprint density at radius 2 is 1.31 bits per heavy atom. The van der Waals surface area contributed by atoms with Crippen LogP contribution in [0.4, 0.5) is 0 Å². The van der Waals surface area contributed by atoms with Crippen LogP contribution in [0.25, 0.3) is 11.4 Å². The molecule has 0 spiro atoms. The lowest BCUT2D eigenvalue weighted by Gasteiger charge is -2.21. The molecule has 1 amide bonds. The van der Waals surface area contributed by atoms with Crippen molar-refractivity contribution in [3.63, 3.8) is 0 Å². The molecule has 2 rings (SSSR count). The maximum Gasteiger partial charge on any atom is 0.325 e. The zero-order valence-electron chi connectivity index (χ0n) is 19.2. The van der Waals surface area contributed by atoms with Gasteiger partial charge in [0.2, 0.25) is 7.59 Å². The monoisotopic (exact) mass is 618 g/mol. The fourth-order valence-corrected chi connectivity index (χ4v) is 3.41. The molecule has 0 saturated heterocycles. The van der Waals surface area contributed by atoms with Crippen LogP contribution in [0, 0.1) is 6.92 Å². The third-order valence-corrected chi connectivity index (χ3v) is 5.41. The summed E-state index contributed by atoms with van der Waals surface area (Å²) < 4.78 is 5.74. The Kier molecular flexibility index (Phi) is 10.8. The summed E-state index contributed by atoms with van der Waals surface area (Å²) in [6, 6.07) is 4.48. The second kappa shape index (κ2) is 12.8. The van der Waals surface area contributed by atoms with E-state index in [0.717, 1.165) is 4.90 Å². The van der Waals surface area contributed by atoms with Gasteiger partial charge in [-0.3, -0.25) is 14.4 Å². The highest BCUT2D eigenvalue weighted by molar-refractivity contribution is 6.67. The van der Waals surface area contributed by atoms with E-state index < -0.39 is 38.5 Å². The van der Waals surface area contributed by atoms with E-state index >= 15 is 0 Å². The van der Waals surface area contributed by atoms with Crippen molar-refractivity contribution in [2.45, 2.75) is 28.4 Å². The normalized spacial score (nSPS) is 11.7. The van der Waals surface area contributed by atoms with Gasteiger partial charge in [0.05, 0.1) is 13.2 Å². The summed E-state index contributed by atoms with van der Waals surface area (Å²) in [6.07, 6.45) is 0. The lowest BCUT2D eigenvalue weighted by Crippen LogP contribution is -2.40. The van der Waals surface area contributed by atoms with Crippen molar-refractivity contribution >= 4 is 87.5 Å². The van der Waals surface area contributed by atoms with Crippen molar-refractivity contribution < 1.29 is 23.9 Å². The van der Waals surface area contributed by atoms with Crippen molar-refractivity contribution in [3.8, 4) is 11.4 Å².